The van der Waals surface area contributed by atoms with Gasteiger partial charge in [-0.25, -0.2) is 4.98 Å². The summed E-state index contributed by atoms with van der Waals surface area (Å²) in [4.78, 5) is 22.8. The number of hydrogen-bond donors (Lipinski definition) is 1. The molecule has 2 fully saturated rings. The van der Waals surface area contributed by atoms with Crippen LogP contribution in [0.1, 0.15) is 17.5 Å². The molecule has 34 heavy (non-hydrogen) atoms. The third-order valence-corrected chi connectivity index (χ3v) is 6.36. The molecule has 1 N–H and O–H groups in total. The zero-order valence-electron chi connectivity index (χ0n) is 18.9. The number of rotatable bonds is 7. The Morgan fingerprint density at radius 1 is 1.26 bits per heavy atom. The second kappa shape index (κ2) is 10.1. The van der Waals surface area contributed by atoms with E-state index >= 15 is 0 Å². The van der Waals surface area contributed by atoms with E-state index in [-0.39, 0.29) is 6.10 Å². The first-order valence-corrected chi connectivity index (χ1v) is 11.6. The predicted molar refractivity (Wildman–Crippen MR) is 129 cm³/mol. The first-order valence-electron chi connectivity index (χ1n) is 11.6. The zero-order valence-corrected chi connectivity index (χ0v) is 18.9. The van der Waals surface area contributed by atoms with E-state index in [0.717, 1.165) is 73.4 Å². The normalized spacial score (nSPS) is 19.0. The van der Waals surface area contributed by atoms with Gasteiger partial charge in [0.25, 0.3) is 0 Å². The molecule has 2 aromatic heterocycles. The third kappa shape index (κ3) is 4.81. The van der Waals surface area contributed by atoms with Gasteiger partial charge in [0.15, 0.2) is 0 Å². The number of morpholine rings is 1. The number of carbonyl (C=O) groups is 1. The van der Waals surface area contributed by atoms with Crippen molar-refractivity contribution in [1.82, 2.24) is 19.8 Å². The van der Waals surface area contributed by atoms with Gasteiger partial charge in [-0.3, -0.25) is 9.69 Å². The molecular weight excluding hydrogens is 430 g/mol. The lowest BCUT2D eigenvalue weighted by atomic mass is 10.0. The van der Waals surface area contributed by atoms with Crippen molar-refractivity contribution in [3.05, 3.63) is 53.9 Å². The van der Waals surface area contributed by atoms with Crippen LogP contribution in [0.4, 0.5) is 0 Å². The van der Waals surface area contributed by atoms with Gasteiger partial charge in [0.05, 0.1) is 25.3 Å². The van der Waals surface area contributed by atoms with Gasteiger partial charge in [0.1, 0.15) is 23.6 Å². The third-order valence-electron chi connectivity index (χ3n) is 6.36. The van der Waals surface area contributed by atoms with Gasteiger partial charge in [0.2, 0.25) is 6.41 Å². The Morgan fingerprint density at radius 2 is 2.15 bits per heavy atom. The Hall–Kier alpha value is -3.67. The van der Waals surface area contributed by atoms with Crippen LogP contribution in [-0.2, 0) is 9.53 Å². The number of pyridine rings is 1. The molecule has 8 heteroatoms. The van der Waals surface area contributed by atoms with E-state index in [1.54, 1.807) is 4.90 Å². The molecule has 0 bridgehead atoms. The van der Waals surface area contributed by atoms with Crippen molar-refractivity contribution >= 4 is 23.5 Å². The molecule has 1 amide bonds. The van der Waals surface area contributed by atoms with E-state index in [1.807, 2.05) is 30.6 Å². The smallest absolute Gasteiger partial charge is 0.209 e. The number of H-pyrrole nitrogens is 1. The molecule has 0 radical (unpaired) electrons. The number of nitriles is 1. The second-order valence-corrected chi connectivity index (χ2v) is 8.63. The molecule has 0 saturated carbocycles. The summed E-state index contributed by atoms with van der Waals surface area (Å²) in [5.74, 6) is 0.550. The van der Waals surface area contributed by atoms with Crippen molar-refractivity contribution in [2.75, 3.05) is 45.9 Å². The molecular formula is C26H27N5O3. The van der Waals surface area contributed by atoms with E-state index in [2.05, 4.69) is 39.2 Å². The van der Waals surface area contributed by atoms with Crippen LogP contribution in [0.3, 0.4) is 0 Å². The molecule has 8 nitrogen and oxygen atoms in total. The van der Waals surface area contributed by atoms with Gasteiger partial charge < -0.3 is 19.4 Å². The van der Waals surface area contributed by atoms with Crippen LogP contribution in [0, 0.1) is 11.3 Å². The minimum absolute atomic E-state index is 0.0905. The van der Waals surface area contributed by atoms with Gasteiger partial charge in [-0.1, -0.05) is 18.2 Å². The maximum atomic E-state index is 11.0. The summed E-state index contributed by atoms with van der Waals surface area (Å²) in [5, 5.41) is 10.7. The van der Waals surface area contributed by atoms with Crippen molar-refractivity contribution < 1.29 is 14.3 Å². The number of aromatic nitrogens is 2. The number of hydrogen-bond acceptors (Lipinski definition) is 6. The minimum Gasteiger partial charge on any atom is -0.487 e. The molecule has 2 aliphatic rings. The van der Waals surface area contributed by atoms with Crippen LogP contribution in [0.15, 0.2) is 42.7 Å². The summed E-state index contributed by atoms with van der Waals surface area (Å²) in [6, 6.07) is 10.0. The van der Waals surface area contributed by atoms with E-state index in [0.29, 0.717) is 24.4 Å². The summed E-state index contributed by atoms with van der Waals surface area (Å²) in [6.45, 7) is 5.62. The lowest BCUT2D eigenvalue weighted by molar-refractivity contribution is -0.117. The lowest BCUT2D eigenvalue weighted by Crippen LogP contribution is -2.36. The van der Waals surface area contributed by atoms with Crippen molar-refractivity contribution in [2.45, 2.75) is 12.5 Å². The SMILES string of the molecule is N#Cc1cc(-c2c[nH]c3ncc(/C=C/CN4CCOCC4)cc23)ccc1O[C@@H]1CCN(C=O)C1. The molecule has 0 aliphatic carbocycles. The molecule has 0 unspecified atom stereocenters. The van der Waals surface area contributed by atoms with Gasteiger partial charge in [-0.2, -0.15) is 5.26 Å². The first kappa shape index (κ1) is 22.1. The van der Waals surface area contributed by atoms with Crippen LogP contribution < -0.4 is 4.74 Å². The number of nitrogens with zero attached hydrogens (tertiary/aromatic N) is 4. The maximum Gasteiger partial charge on any atom is 0.209 e. The highest BCUT2D eigenvalue weighted by molar-refractivity contribution is 5.95. The number of fused-ring (bicyclic) bond motifs is 1. The summed E-state index contributed by atoms with van der Waals surface area (Å²) in [5.41, 5.74) is 4.22. The molecule has 2 saturated heterocycles. The Kier molecular flexibility index (Phi) is 6.56. The van der Waals surface area contributed by atoms with Crippen molar-refractivity contribution in [2.24, 2.45) is 0 Å². The Labute approximate surface area is 198 Å². The maximum absolute atomic E-state index is 11.0. The summed E-state index contributed by atoms with van der Waals surface area (Å²) < 4.78 is 11.4. The Balaban J connectivity index is 1.35. The zero-order chi connectivity index (χ0) is 23.3. The van der Waals surface area contributed by atoms with E-state index in [9.17, 15) is 10.1 Å². The molecule has 174 valence electrons. The topological polar surface area (TPSA) is 94.5 Å². The molecule has 3 aromatic rings. The molecule has 1 atom stereocenters. The fraction of sp³-hybridized carbons (Fsp3) is 0.346. The Morgan fingerprint density at radius 3 is 2.94 bits per heavy atom. The van der Waals surface area contributed by atoms with E-state index in [4.69, 9.17) is 9.47 Å². The molecule has 4 heterocycles. The second-order valence-electron chi connectivity index (χ2n) is 8.63. The van der Waals surface area contributed by atoms with Crippen LogP contribution in [-0.4, -0.2) is 78.2 Å². The van der Waals surface area contributed by atoms with Crippen LogP contribution >= 0.6 is 0 Å². The quantitative estimate of drug-likeness (QED) is 0.548. The number of aromatic amines is 1. The largest absolute Gasteiger partial charge is 0.487 e. The predicted octanol–water partition coefficient (Wildman–Crippen LogP) is 3.06. The van der Waals surface area contributed by atoms with Gasteiger partial charge in [0, 0.05) is 55.9 Å². The average molecular weight is 458 g/mol. The molecule has 0 spiro atoms. The average Bonchev–Trinajstić information content (AvgIpc) is 3.51. The summed E-state index contributed by atoms with van der Waals surface area (Å²) >= 11 is 0. The van der Waals surface area contributed by atoms with Crippen LogP contribution in [0.2, 0.25) is 0 Å². The fourth-order valence-electron chi connectivity index (χ4n) is 4.48. The van der Waals surface area contributed by atoms with Crippen LogP contribution in [0.5, 0.6) is 5.75 Å². The van der Waals surface area contributed by atoms with Gasteiger partial charge in [-0.05, 0) is 29.3 Å². The molecule has 2 aliphatic heterocycles. The molecule has 1 aromatic carbocycles. The Bertz CT molecular complexity index is 1240. The minimum atomic E-state index is -0.0905. The lowest BCUT2D eigenvalue weighted by Gasteiger charge is -2.25. The van der Waals surface area contributed by atoms with Crippen LogP contribution in [0.25, 0.3) is 28.2 Å². The monoisotopic (exact) mass is 457 g/mol. The summed E-state index contributed by atoms with van der Waals surface area (Å²) in [7, 11) is 0. The number of likely N-dealkylation sites (tertiary alicyclic amines) is 1. The number of ether oxygens (including phenoxy) is 2. The summed E-state index contributed by atoms with van der Waals surface area (Å²) in [6.07, 6.45) is 9.56. The number of amides is 1. The van der Waals surface area contributed by atoms with Crippen molar-refractivity contribution in [1.29, 1.82) is 5.26 Å². The van der Waals surface area contributed by atoms with Crippen molar-refractivity contribution in [3.63, 3.8) is 0 Å². The number of benzene rings is 1. The van der Waals surface area contributed by atoms with E-state index in [1.165, 1.54) is 0 Å². The van der Waals surface area contributed by atoms with Gasteiger partial charge >= 0.3 is 0 Å². The first-order chi connectivity index (χ1) is 16.7. The van der Waals surface area contributed by atoms with E-state index < -0.39 is 0 Å². The highest BCUT2D eigenvalue weighted by Gasteiger charge is 2.23. The van der Waals surface area contributed by atoms with Crippen molar-refractivity contribution in [3.8, 4) is 22.9 Å². The number of carbonyl (C=O) groups excluding carboxylic acids is 1. The highest BCUT2D eigenvalue weighted by atomic mass is 16.5. The van der Waals surface area contributed by atoms with Gasteiger partial charge in [-0.15, -0.1) is 0 Å². The fourth-order valence-corrected chi connectivity index (χ4v) is 4.48. The standard InChI is InChI=1S/C26H27N5O3/c27-14-21-13-20(3-4-25(21)34-22-5-7-31(17-22)18-32)24-16-29-26-23(24)12-19(15-28-26)2-1-6-30-8-10-33-11-9-30/h1-4,12-13,15-16,18,22H,5-11,17H2,(H,28,29)/b2-1+/t22-/m1/s1. The number of nitrogens with one attached hydrogen (secondary N) is 1. The molecule has 5 rings (SSSR count). The highest BCUT2D eigenvalue weighted by Crippen LogP contribution is 2.32.